The van der Waals surface area contributed by atoms with E-state index >= 15 is 0 Å². The number of pyridine rings is 1. The third-order valence-corrected chi connectivity index (χ3v) is 9.62. The molecule has 0 amide bonds. The molecule has 1 rings (SSSR count). The van der Waals surface area contributed by atoms with Crippen LogP contribution in [0.25, 0.3) is 0 Å². The Morgan fingerprint density at radius 2 is 1.38 bits per heavy atom. The fraction of sp³-hybridized carbons (Fsp3) is 0.750. The predicted octanol–water partition coefficient (Wildman–Crippen LogP) is 6.26. The Morgan fingerprint density at radius 1 is 0.978 bits per heavy atom. The summed E-state index contributed by atoms with van der Waals surface area (Å²) in [6.45, 7) is 24.2. The number of carbonyl (C=O) groups is 1. The van der Waals surface area contributed by atoms with Crippen molar-refractivity contribution in [1.82, 2.24) is 9.88 Å². The Morgan fingerprint density at radius 3 is 1.60 bits per heavy atom. The fourth-order valence-electron chi connectivity index (χ4n) is 3.42. The summed E-state index contributed by atoms with van der Waals surface area (Å²) in [6.07, 6.45) is -9.13. The van der Waals surface area contributed by atoms with Gasteiger partial charge in [-0.15, -0.1) is 0 Å². The molecule has 0 fully saturated rings. The Balaban J connectivity index is -0.000000189. The first-order valence-electron chi connectivity index (χ1n) is 13.4. The molecule has 17 heteroatoms. The summed E-state index contributed by atoms with van der Waals surface area (Å²) < 4.78 is 72.5. The monoisotopic (exact) mass is 794 g/mol. The molecule has 0 bridgehead atoms. The molecule has 1 unspecified atom stereocenters. The third kappa shape index (κ3) is 32.8. The topological polar surface area (TPSA) is 109 Å². The Hall–Kier alpha value is -0.947. The van der Waals surface area contributed by atoms with Crippen LogP contribution in [0.15, 0.2) is 18.2 Å². The number of rotatable bonds is 10. The van der Waals surface area contributed by atoms with Crippen LogP contribution in [0.1, 0.15) is 66.8 Å². The van der Waals surface area contributed by atoms with Crippen molar-refractivity contribution in [1.29, 1.82) is 0 Å². The minimum atomic E-state index is -3.00. The number of hydrogen-bond acceptors (Lipinski definition) is 8. The van der Waals surface area contributed by atoms with E-state index in [0.29, 0.717) is 10.3 Å². The molecule has 0 aliphatic rings. The molecule has 0 spiro atoms. The molecule has 0 saturated carbocycles. The first-order chi connectivity index (χ1) is 20.7. The van der Waals surface area contributed by atoms with Crippen LogP contribution in [0.5, 0.6) is 0 Å². The van der Waals surface area contributed by atoms with Crippen molar-refractivity contribution in [2.45, 2.75) is 104 Å². The van der Waals surface area contributed by atoms with E-state index in [9.17, 15) is 31.1 Å². The van der Waals surface area contributed by atoms with E-state index in [1.807, 2.05) is 0 Å². The first-order valence-corrected chi connectivity index (χ1v) is 17.5. The van der Waals surface area contributed by atoms with Crippen molar-refractivity contribution in [3.63, 3.8) is 0 Å². The van der Waals surface area contributed by atoms with Gasteiger partial charge in [0, 0.05) is 21.6 Å². The van der Waals surface area contributed by atoms with Crippen molar-refractivity contribution < 1.29 is 72.9 Å². The second-order valence-corrected chi connectivity index (χ2v) is 14.9. The van der Waals surface area contributed by atoms with Crippen molar-refractivity contribution in [3.05, 3.63) is 29.6 Å². The predicted molar refractivity (Wildman–Crippen MR) is 167 cm³/mol. The van der Waals surface area contributed by atoms with Gasteiger partial charge in [0.15, 0.2) is 0 Å². The molecule has 0 aliphatic carbocycles. The van der Waals surface area contributed by atoms with E-state index in [4.69, 9.17) is 20.0 Å². The van der Waals surface area contributed by atoms with Crippen molar-refractivity contribution in [2.75, 3.05) is 33.9 Å². The van der Waals surface area contributed by atoms with E-state index in [1.54, 1.807) is 17.3 Å². The van der Waals surface area contributed by atoms with Crippen LogP contribution in [-0.4, -0.2) is 103 Å². The van der Waals surface area contributed by atoms with Crippen LogP contribution in [0.2, 0.25) is 0 Å². The summed E-state index contributed by atoms with van der Waals surface area (Å²) in [5.74, 6) is -1.49. The number of ether oxygens (including phenoxy) is 2. The van der Waals surface area contributed by atoms with Gasteiger partial charge in [-0.05, 0) is 66.8 Å². The summed E-state index contributed by atoms with van der Waals surface area (Å²) in [4.78, 5) is 24.7. The van der Waals surface area contributed by atoms with Gasteiger partial charge >= 0.3 is 39.4 Å². The van der Waals surface area contributed by atoms with Crippen LogP contribution >= 0.6 is 17.6 Å². The van der Waals surface area contributed by atoms with Crippen molar-refractivity contribution in [2.24, 2.45) is 0 Å². The number of aliphatic hydroxyl groups excluding tert-OH is 2. The number of halogens is 7. The zero-order valence-electron chi connectivity index (χ0n) is 27.6. The molecule has 0 aliphatic heterocycles. The quantitative estimate of drug-likeness (QED) is 0.0544. The molecule has 1 heterocycles. The zero-order chi connectivity index (χ0) is 37.0. The summed E-state index contributed by atoms with van der Waals surface area (Å²) in [6, 6.07) is 6.57. The van der Waals surface area contributed by atoms with Crippen LogP contribution in [0, 0.1) is 0 Å². The van der Waals surface area contributed by atoms with Gasteiger partial charge in [0.2, 0.25) is 6.29 Å². The first kappa shape index (κ1) is 53.5. The molecule has 270 valence electrons. The van der Waals surface area contributed by atoms with E-state index in [-0.39, 0.29) is 0 Å². The Kier molecular flexibility index (Phi) is 37.6. The number of methoxy groups -OCH3 is 2. The number of aromatic nitrogens is 1. The molecular formula is C28H52ClF6N2O6PRu+2. The second-order valence-electron chi connectivity index (χ2n) is 10.6. The number of nitrogens with zero attached hydrogens (tertiary/aromatic N) is 2. The van der Waals surface area contributed by atoms with Gasteiger partial charge in [-0.25, -0.2) is 22.4 Å². The van der Waals surface area contributed by atoms with Crippen LogP contribution in [0.3, 0.4) is 0 Å². The fourth-order valence-corrected chi connectivity index (χ4v) is 7.29. The van der Waals surface area contributed by atoms with Crippen LogP contribution in [-0.2, 0) is 49.1 Å². The van der Waals surface area contributed by atoms with E-state index in [1.165, 1.54) is 11.4 Å². The zero-order valence-corrected chi connectivity index (χ0v) is 31.2. The molecule has 1 atom stereocenters. The molecule has 0 saturated heterocycles. The van der Waals surface area contributed by atoms with Gasteiger partial charge in [-0.2, -0.15) is 8.78 Å². The maximum atomic E-state index is 11.1. The molecule has 0 aromatic carbocycles. The molecule has 1 aromatic rings. The van der Waals surface area contributed by atoms with Crippen molar-refractivity contribution in [3.8, 4) is 0 Å². The molecule has 1 aromatic heterocycles. The van der Waals surface area contributed by atoms with Gasteiger partial charge in [-0.3, -0.25) is 16.7 Å². The van der Waals surface area contributed by atoms with Gasteiger partial charge < -0.3 is 24.5 Å². The summed E-state index contributed by atoms with van der Waals surface area (Å²) in [7, 11) is 5.97. The number of aliphatic hydroxyl groups is 2. The van der Waals surface area contributed by atoms with E-state index in [0.717, 1.165) is 40.0 Å². The maximum absolute atomic E-state index is 11.1. The normalized spacial score (nSPS) is 11.5. The van der Waals surface area contributed by atoms with Crippen LogP contribution < -0.4 is 0 Å². The SMILES string of the molecule is CCN(CC)Cc1cccc(C[PH+](C(C)(C)C)C(C)(C)C)n1.COC(=O)C(F)F.COC(O)C(F)F.OCC(F)F.[CH-]=O.[Cl][RuH+2]. The summed E-state index contributed by atoms with van der Waals surface area (Å²) >= 11 is 1.62. The Labute approximate surface area is 280 Å². The van der Waals surface area contributed by atoms with Gasteiger partial charge in [-0.1, -0.05) is 19.9 Å². The Bertz CT molecular complexity index is 810. The third-order valence-electron chi connectivity index (χ3n) is 5.29. The number of esters is 1. The summed E-state index contributed by atoms with van der Waals surface area (Å²) in [5, 5.41) is 16.1. The average Bonchev–Trinajstić information content (AvgIpc) is 2.99. The van der Waals surface area contributed by atoms with Gasteiger partial charge in [0.25, 0.3) is 12.9 Å². The summed E-state index contributed by atoms with van der Waals surface area (Å²) in [5.41, 5.74) is 2.49. The molecule has 0 radical (unpaired) electrons. The molecular weight excluding hydrogens is 742 g/mol. The molecule has 8 nitrogen and oxygen atoms in total. The number of carbonyl (C=O) groups excluding carboxylic acids is 2. The molecule has 2 N–H and O–H groups in total. The number of hydrogen-bond donors (Lipinski definition) is 2. The molecule has 45 heavy (non-hydrogen) atoms. The van der Waals surface area contributed by atoms with E-state index < -0.39 is 46.1 Å². The minimum absolute atomic E-state index is 0.388. The van der Waals surface area contributed by atoms with Gasteiger partial charge in [0.05, 0.1) is 35.0 Å². The van der Waals surface area contributed by atoms with Gasteiger partial charge in [0.1, 0.15) is 6.61 Å². The van der Waals surface area contributed by atoms with Crippen molar-refractivity contribution >= 4 is 30.4 Å². The average molecular weight is 794 g/mol. The standard InChI is InChI=1S/C19H35N2P.C3H6F2O2.C3H4F2O2.C2H4F2O.CHO.ClH.Ru.H/c1-9-21(10-2)14-16-12-11-13-17(20-16)15-22(18(3,4)5)19(6,7)8;2*1-7-3(6)2(4)5;3-2(4)1-5;1-2;;;/h11-13H,9-10,14-15H2,1-8H3;2-3,6H,1H3;2H,1H3;2,5H,1H2;1H;1H;;/q;;;;-1;;+3;. The second kappa shape index (κ2) is 31.6. The van der Waals surface area contributed by atoms with Crippen LogP contribution in [0.4, 0.5) is 26.3 Å². The van der Waals surface area contributed by atoms with E-state index in [2.05, 4.69) is 104 Å². The number of alkyl halides is 6.